The Hall–Kier alpha value is -4.39. The van der Waals surface area contributed by atoms with Crippen LogP contribution in [-0.2, 0) is 13.0 Å². The molecule has 0 saturated carbocycles. The number of carbonyl (C=O) groups is 1. The Morgan fingerprint density at radius 3 is 2.76 bits per heavy atom. The van der Waals surface area contributed by atoms with Crippen LogP contribution >= 0.6 is 0 Å². The first kappa shape index (κ1) is 20.5. The Balaban J connectivity index is 1.40. The number of nitrogens with zero attached hydrogens (tertiary/aromatic N) is 2. The van der Waals surface area contributed by atoms with Crippen LogP contribution in [0.3, 0.4) is 0 Å². The normalized spacial score (nSPS) is 11.1. The SMILES string of the molecule is COc1ccccc1C(=O)Nc1ccc2ncn(CCc3c[nH]c4ccccc34)c(=O)c2c1. The van der Waals surface area contributed by atoms with Crippen molar-refractivity contribution in [1.29, 1.82) is 0 Å². The molecular formula is C26H22N4O3. The van der Waals surface area contributed by atoms with Crippen LogP contribution in [0.4, 0.5) is 5.69 Å². The van der Waals surface area contributed by atoms with E-state index in [4.69, 9.17) is 4.74 Å². The van der Waals surface area contributed by atoms with Crippen molar-refractivity contribution >= 4 is 33.4 Å². The monoisotopic (exact) mass is 438 g/mol. The molecular weight excluding hydrogens is 416 g/mol. The minimum atomic E-state index is -0.310. The van der Waals surface area contributed by atoms with E-state index < -0.39 is 0 Å². The Kier molecular flexibility index (Phi) is 5.36. The van der Waals surface area contributed by atoms with Crippen molar-refractivity contribution in [3.63, 3.8) is 0 Å². The number of carbonyl (C=O) groups excluding carboxylic acids is 1. The van der Waals surface area contributed by atoms with E-state index >= 15 is 0 Å². The fourth-order valence-corrected chi connectivity index (χ4v) is 4.01. The number of nitrogens with one attached hydrogen (secondary N) is 2. The number of amides is 1. The molecule has 0 aliphatic carbocycles. The van der Waals surface area contributed by atoms with Crippen molar-refractivity contribution in [3.8, 4) is 5.75 Å². The number of ether oxygens (including phenoxy) is 1. The number of fused-ring (bicyclic) bond motifs is 2. The molecule has 1 amide bonds. The van der Waals surface area contributed by atoms with Gasteiger partial charge in [-0.3, -0.25) is 14.2 Å². The van der Waals surface area contributed by atoms with Crippen LogP contribution in [0, 0.1) is 0 Å². The maximum absolute atomic E-state index is 13.1. The van der Waals surface area contributed by atoms with E-state index in [1.54, 1.807) is 53.4 Å². The van der Waals surface area contributed by atoms with Gasteiger partial charge in [0.1, 0.15) is 5.75 Å². The zero-order chi connectivity index (χ0) is 22.8. The number of para-hydroxylation sites is 2. The molecule has 5 rings (SSSR count). The van der Waals surface area contributed by atoms with Crippen LogP contribution in [-0.4, -0.2) is 27.6 Å². The molecule has 0 aliphatic heterocycles. The Morgan fingerprint density at radius 2 is 1.88 bits per heavy atom. The fraction of sp³-hybridized carbons (Fsp3) is 0.115. The molecule has 5 aromatic rings. The number of methoxy groups -OCH3 is 1. The molecule has 164 valence electrons. The first-order valence-electron chi connectivity index (χ1n) is 10.6. The van der Waals surface area contributed by atoms with Crippen molar-refractivity contribution in [2.24, 2.45) is 0 Å². The summed E-state index contributed by atoms with van der Waals surface area (Å²) < 4.78 is 6.87. The second-order valence-corrected chi connectivity index (χ2v) is 7.74. The van der Waals surface area contributed by atoms with Crippen LogP contribution in [0.25, 0.3) is 21.8 Å². The third-order valence-corrected chi connectivity index (χ3v) is 5.73. The van der Waals surface area contributed by atoms with Crippen LogP contribution in [0.5, 0.6) is 5.75 Å². The molecule has 2 heterocycles. The Labute approximate surface area is 189 Å². The summed E-state index contributed by atoms with van der Waals surface area (Å²) in [6.45, 7) is 0.501. The van der Waals surface area contributed by atoms with Gasteiger partial charge < -0.3 is 15.0 Å². The predicted octanol–water partition coefficient (Wildman–Crippen LogP) is 4.38. The first-order valence-corrected chi connectivity index (χ1v) is 10.6. The summed E-state index contributed by atoms with van der Waals surface area (Å²) in [6, 6.07) is 20.2. The molecule has 3 aromatic carbocycles. The van der Waals surface area contributed by atoms with Gasteiger partial charge >= 0.3 is 0 Å². The molecule has 0 unspecified atom stereocenters. The lowest BCUT2D eigenvalue weighted by Crippen LogP contribution is -2.22. The molecule has 0 saturated heterocycles. The lowest BCUT2D eigenvalue weighted by Gasteiger charge is -2.10. The van der Waals surface area contributed by atoms with Gasteiger partial charge in [-0.25, -0.2) is 4.98 Å². The number of hydrogen-bond donors (Lipinski definition) is 2. The van der Waals surface area contributed by atoms with Crippen molar-refractivity contribution in [2.75, 3.05) is 12.4 Å². The molecule has 33 heavy (non-hydrogen) atoms. The van der Waals surface area contributed by atoms with Gasteiger partial charge in [-0.1, -0.05) is 30.3 Å². The number of H-pyrrole nitrogens is 1. The summed E-state index contributed by atoms with van der Waals surface area (Å²) in [5.74, 6) is 0.174. The van der Waals surface area contributed by atoms with Crippen molar-refractivity contribution in [2.45, 2.75) is 13.0 Å². The van der Waals surface area contributed by atoms with Crippen molar-refractivity contribution in [1.82, 2.24) is 14.5 Å². The Bertz CT molecular complexity index is 1530. The van der Waals surface area contributed by atoms with E-state index in [0.29, 0.717) is 40.9 Å². The van der Waals surface area contributed by atoms with Crippen LogP contribution in [0.1, 0.15) is 15.9 Å². The maximum Gasteiger partial charge on any atom is 0.261 e. The number of aromatic nitrogens is 3. The number of aromatic amines is 1. The second kappa shape index (κ2) is 8.63. The zero-order valence-corrected chi connectivity index (χ0v) is 18.0. The molecule has 0 atom stereocenters. The molecule has 7 heteroatoms. The summed E-state index contributed by atoms with van der Waals surface area (Å²) >= 11 is 0. The van der Waals surface area contributed by atoms with E-state index in [-0.39, 0.29) is 11.5 Å². The van der Waals surface area contributed by atoms with Crippen LogP contribution in [0.15, 0.2) is 84.0 Å². The minimum Gasteiger partial charge on any atom is -0.496 e. The third kappa shape index (κ3) is 3.96. The van der Waals surface area contributed by atoms with Gasteiger partial charge in [0.05, 0.1) is 29.9 Å². The lowest BCUT2D eigenvalue weighted by atomic mass is 10.1. The molecule has 0 fully saturated rings. The Morgan fingerprint density at radius 1 is 1.06 bits per heavy atom. The number of aryl methyl sites for hydroxylation is 2. The van der Waals surface area contributed by atoms with Gasteiger partial charge in [0.2, 0.25) is 0 Å². The summed E-state index contributed by atoms with van der Waals surface area (Å²) in [5.41, 5.74) is 3.60. The molecule has 2 aromatic heterocycles. The molecule has 7 nitrogen and oxygen atoms in total. The summed E-state index contributed by atoms with van der Waals surface area (Å²) in [6.07, 6.45) is 4.25. The van der Waals surface area contributed by atoms with Crippen molar-refractivity contribution in [3.05, 3.63) is 101 Å². The quantitative estimate of drug-likeness (QED) is 0.412. The van der Waals surface area contributed by atoms with Gasteiger partial charge in [0.25, 0.3) is 11.5 Å². The smallest absolute Gasteiger partial charge is 0.261 e. The van der Waals surface area contributed by atoms with Crippen LogP contribution < -0.4 is 15.6 Å². The van der Waals surface area contributed by atoms with Crippen LogP contribution in [0.2, 0.25) is 0 Å². The number of hydrogen-bond acceptors (Lipinski definition) is 4. The fourth-order valence-electron chi connectivity index (χ4n) is 4.01. The lowest BCUT2D eigenvalue weighted by molar-refractivity contribution is 0.102. The third-order valence-electron chi connectivity index (χ3n) is 5.73. The highest BCUT2D eigenvalue weighted by Crippen LogP contribution is 2.21. The topological polar surface area (TPSA) is 89.0 Å². The molecule has 0 aliphatic rings. The largest absolute Gasteiger partial charge is 0.496 e. The molecule has 2 N–H and O–H groups in total. The summed E-state index contributed by atoms with van der Waals surface area (Å²) in [4.78, 5) is 33.6. The standard InChI is InChI=1S/C26H22N4O3/c1-33-24-9-5-3-7-20(24)25(31)29-18-10-11-23-21(14-18)26(32)30(16-28-23)13-12-17-15-27-22-8-4-2-6-19(17)22/h2-11,14-16,27H,12-13H2,1H3,(H,29,31). The predicted molar refractivity (Wildman–Crippen MR) is 129 cm³/mol. The van der Waals surface area contributed by atoms with Gasteiger partial charge in [-0.15, -0.1) is 0 Å². The van der Waals surface area contributed by atoms with Crippen molar-refractivity contribution < 1.29 is 9.53 Å². The van der Waals surface area contributed by atoms with E-state index in [2.05, 4.69) is 21.4 Å². The number of rotatable bonds is 6. The average molecular weight is 438 g/mol. The highest BCUT2D eigenvalue weighted by Gasteiger charge is 2.13. The highest BCUT2D eigenvalue weighted by molar-refractivity contribution is 6.06. The molecule has 0 bridgehead atoms. The highest BCUT2D eigenvalue weighted by atomic mass is 16.5. The van der Waals surface area contributed by atoms with E-state index in [1.807, 2.05) is 24.4 Å². The van der Waals surface area contributed by atoms with E-state index in [0.717, 1.165) is 16.5 Å². The summed E-state index contributed by atoms with van der Waals surface area (Å²) in [7, 11) is 1.52. The average Bonchev–Trinajstić information content (AvgIpc) is 3.27. The second-order valence-electron chi connectivity index (χ2n) is 7.74. The molecule has 0 spiro atoms. The number of anilines is 1. The maximum atomic E-state index is 13.1. The minimum absolute atomic E-state index is 0.145. The van der Waals surface area contributed by atoms with Gasteiger partial charge in [-0.2, -0.15) is 0 Å². The summed E-state index contributed by atoms with van der Waals surface area (Å²) in [5, 5.41) is 4.45. The van der Waals surface area contributed by atoms with E-state index in [9.17, 15) is 9.59 Å². The molecule has 0 radical (unpaired) electrons. The first-order chi connectivity index (χ1) is 16.1. The number of benzene rings is 3. The van der Waals surface area contributed by atoms with Gasteiger partial charge in [0, 0.05) is 29.3 Å². The zero-order valence-electron chi connectivity index (χ0n) is 18.0. The van der Waals surface area contributed by atoms with Gasteiger partial charge in [-0.05, 0) is 48.4 Å². The van der Waals surface area contributed by atoms with E-state index in [1.165, 1.54) is 7.11 Å². The van der Waals surface area contributed by atoms with Gasteiger partial charge in [0.15, 0.2) is 0 Å².